The van der Waals surface area contributed by atoms with Crippen molar-refractivity contribution in [1.29, 1.82) is 0 Å². The standard InChI is InChI=1S/C20H22N4OS2/c25-18(23-12-6-1-2-7-13-23)15-27-20-22-21-19(17-11-8-14-26-17)24(20)16-9-4-3-5-10-16/h3-5,8-11,14H,1-2,6-7,12-13,15H2. The van der Waals surface area contributed by atoms with Crippen molar-refractivity contribution < 1.29 is 4.79 Å². The van der Waals surface area contributed by atoms with E-state index in [-0.39, 0.29) is 5.91 Å². The highest BCUT2D eigenvalue weighted by atomic mass is 32.2. The second kappa shape index (κ2) is 8.71. The van der Waals surface area contributed by atoms with Gasteiger partial charge in [0, 0.05) is 18.8 Å². The molecule has 0 saturated carbocycles. The summed E-state index contributed by atoms with van der Waals surface area (Å²) in [5.41, 5.74) is 1.01. The molecule has 27 heavy (non-hydrogen) atoms. The molecular weight excluding hydrogens is 376 g/mol. The van der Waals surface area contributed by atoms with Gasteiger partial charge in [-0.15, -0.1) is 21.5 Å². The first kappa shape index (κ1) is 18.3. The molecule has 5 nitrogen and oxygen atoms in total. The van der Waals surface area contributed by atoms with Crippen molar-refractivity contribution in [3.05, 3.63) is 47.8 Å². The minimum absolute atomic E-state index is 0.196. The Hall–Kier alpha value is -2.12. The summed E-state index contributed by atoms with van der Waals surface area (Å²) in [5.74, 6) is 1.41. The predicted molar refractivity (Wildman–Crippen MR) is 110 cm³/mol. The lowest BCUT2D eigenvalue weighted by molar-refractivity contribution is -0.128. The number of aromatic nitrogens is 3. The average Bonchev–Trinajstić information content (AvgIpc) is 3.30. The summed E-state index contributed by atoms with van der Waals surface area (Å²) < 4.78 is 2.05. The van der Waals surface area contributed by atoms with Crippen molar-refractivity contribution in [2.45, 2.75) is 30.8 Å². The first-order chi connectivity index (χ1) is 13.3. The van der Waals surface area contributed by atoms with E-state index in [1.54, 1.807) is 11.3 Å². The van der Waals surface area contributed by atoms with Crippen molar-refractivity contribution >= 4 is 29.0 Å². The number of para-hydroxylation sites is 1. The van der Waals surface area contributed by atoms with Gasteiger partial charge in [-0.25, -0.2) is 0 Å². The molecule has 1 amide bonds. The van der Waals surface area contributed by atoms with Crippen molar-refractivity contribution in [3.8, 4) is 16.4 Å². The van der Waals surface area contributed by atoms with Gasteiger partial charge in [0.1, 0.15) is 0 Å². The number of amides is 1. The molecule has 2 aromatic heterocycles. The minimum Gasteiger partial charge on any atom is -0.342 e. The zero-order valence-electron chi connectivity index (χ0n) is 15.1. The number of hydrogen-bond acceptors (Lipinski definition) is 5. The fourth-order valence-electron chi connectivity index (χ4n) is 3.28. The van der Waals surface area contributed by atoms with Crippen LogP contribution in [0.15, 0.2) is 53.0 Å². The van der Waals surface area contributed by atoms with Crippen LogP contribution in [0.4, 0.5) is 0 Å². The quantitative estimate of drug-likeness (QED) is 0.594. The minimum atomic E-state index is 0.196. The van der Waals surface area contributed by atoms with Crippen LogP contribution in [0, 0.1) is 0 Å². The van der Waals surface area contributed by atoms with Crippen molar-refractivity contribution in [1.82, 2.24) is 19.7 Å². The molecule has 0 N–H and O–H groups in total. The zero-order valence-corrected chi connectivity index (χ0v) is 16.7. The number of hydrogen-bond donors (Lipinski definition) is 0. The zero-order chi connectivity index (χ0) is 18.5. The van der Waals surface area contributed by atoms with E-state index in [0.29, 0.717) is 5.75 Å². The van der Waals surface area contributed by atoms with Crippen LogP contribution in [0.1, 0.15) is 25.7 Å². The monoisotopic (exact) mass is 398 g/mol. The molecule has 7 heteroatoms. The van der Waals surface area contributed by atoms with Gasteiger partial charge in [-0.2, -0.15) is 0 Å². The van der Waals surface area contributed by atoms with Gasteiger partial charge in [0.05, 0.1) is 10.6 Å². The van der Waals surface area contributed by atoms with Crippen LogP contribution in [0.25, 0.3) is 16.4 Å². The highest BCUT2D eigenvalue weighted by Crippen LogP contribution is 2.30. The number of thioether (sulfide) groups is 1. The van der Waals surface area contributed by atoms with Crippen LogP contribution >= 0.6 is 23.1 Å². The molecule has 1 saturated heterocycles. The molecule has 4 rings (SSSR count). The molecule has 1 aliphatic heterocycles. The summed E-state index contributed by atoms with van der Waals surface area (Å²) in [4.78, 5) is 15.7. The van der Waals surface area contributed by atoms with E-state index in [1.165, 1.54) is 24.6 Å². The largest absolute Gasteiger partial charge is 0.342 e. The number of rotatable bonds is 5. The molecule has 0 spiro atoms. The molecule has 1 aromatic carbocycles. The molecule has 0 bridgehead atoms. The molecule has 3 aromatic rings. The second-order valence-corrected chi connectivity index (χ2v) is 8.43. The van der Waals surface area contributed by atoms with Crippen molar-refractivity contribution in [3.63, 3.8) is 0 Å². The van der Waals surface area contributed by atoms with Gasteiger partial charge in [0.25, 0.3) is 0 Å². The number of carbonyl (C=O) groups is 1. The lowest BCUT2D eigenvalue weighted by Gasteiger charge is -2.19. The third kappa shape index (κ3) is 4.25. The molecule has 140 valence electrons. The Balaban J connectivity index is 1.56. The van der Waals surface area contributed by atoms with Gasteiger partial charge in [0.15, 0.2) is 11.0 Å². The Bertz CT molecular complexity index is 869. The van der Waals surface area contributed by atoms with Gasteiger partial charge in [-0.3, -0.25) is 9.36 Å². The molecule has 0 radical (unpaired) electrons. The fraction of sp³-hybridized carbons (Fsp3) is 0.350. The SMILES string of the molecule is O=C(CSc1nnc(-c2cccs2)n1-c1ccccc1)N1CCCCCC1. The number of carbonyl (C=O) groups excluding carboxylic acids is 1. The Morgan fingerprint density at radius 3 is 2.48 bits per heavy atom. The van der Waals surface area contributed by atoms with Crippen LogP contribution in [-0.2, 0) is 4.79 Å². The van der Waals surface area contributed by atoms with Crippen LogP contribution < -0.4 is 0 Å². The lowest BCUT2D eigenvalue weighted by atomic mass is 10.2. The molecule has 1 aliphatic rings. The Morgan fingerprint density at radius 1 is 1.00 bits per heavy atom. The maximum absolute atomic E-state index is 12.7. The maximum Gasteiger partial charge on any atom is 0.233 e. The predicted octanol–water partition coefficient (Wildman–Crippen LogP) is 4.49. The summed E-state index contributed by atoms with van der Waals surface area (Å²) in [6.07, 6.45) is 4.67. The number of likely N-dealkylation sites (tertiary alicyclic amines) is 1. The van der Waals surface area contributed by atoms with Crippen LogP contribution in [-0.4, -0.2) is 44.4 Å². The van der Waals surface area contributed by atoms with E-state index in [0.717, 1.165) is 47.5 Å². The van der Waals surface area contributed by atoms with E-state index in [9.17, 15) is 4.79 Å². The molecular formula is C20H22N4OS2. The van der Waals surface area contributed by atoms with E-state index in [4.69, 9.17) is 0 Å². The summed E-state index contributed by atoms with van der Waals surface area (Å²) >= 11 is 3.11. The maximum atomic E-state index is 12.7. The third-order valence-corrected chi connectivity index (χ3v) is 6.45. The third-order valence-electron chi connectivity index (χ3n) is 4.67. The summed E-state index contributed by atoms with van der Waals surface area (Å²) in [5, 5.41) is 11.6. The fourth-order valence-corrected chi connectivity index (χ4v) is 4.83. The second-order valence-electron chi connectivity index (χ2n) is 6.54. The molecule has 0 atom stereocenters. The Kier molecular flexibility index (Phi) is 5.89. The molecule has 0 unspecified atom stereocenters. The van der Waals surface area contributed by atoms with Crippen LogP contribution in [0.5, 0.6) is 0 Å². The number of thiophene rings is 1. The smallest absolute Gasteiger partial charge is 0.233 e. The highest BCUT2D eigenvalue weighted by molar-refractivity contribution is 7.99. The first-order valence-electron chi connectivity index (χ1n) is 9.28. The normalized spacial score (nSPS) is 14.9. The Morgan fingerprint density at radius 2 is 1.78 bits per heavy atom. The van der Waals surface area contributed by atoms with Gasteiger partial charge >= 0.3 is 0 Å². The summed E-state index contributed by atoms with van der Waals surface area (Å²) in [7, 11) is 0. The van der Waals surface area contributed by atoms with Gasteiger partial charge in [-0.1, -0.05) is 48.9 Å². The van der Waals surface area contributed by atoms with E-state index in [1.807, 2.05) is 57.3 Å². The molecule has 0 aliphatic carbocycles. The van der Waals surface area contributed by atoms with Crippen molar-refractivity contribution in [2.24, 2.45) is 0 Å². The molecule has 1 fully saturated rings. The number of nitrogens with zero attached hydrogens (tertiary/aromatic N) is 4. The summed E-state index contributed by atoms with van der Waals surface area (Å²) in [6.45, 7) is 1.76. The van der Waals surface area contributed by atoms with E-state index >= 15 is 0 Å². The first-order valence-corrected chi connectivity index (χ1v) is 11.1. The topological polar surface area (TPSA) is 51.0 Å². The van der Waals surface area contributed by atoms with Crippen molar-refractivity contribution in [2.75, 3.05) is 18.8 Å². The molecule has 3 heterocycles. The Labute approximate surface area is 167 Å². The van der Waals surface area contributed by atoms with Crippen LogP contribution in [0.3, 0.4) is 0 Å². The van der Waals surface area contributed by atoms with E-state index in [2.05, 4.69) is 10.2 Å². The van der Waals surface area contributed by atoms with E-state index < -0.39 is 0 Å². The van der Waals surface area contributed by atoms with Gasteiger partial charge < -0.3 is 4.90 Å². The van der Waals surface area contributed by atoms with Gasteiger partial charge in [-0.05, 0) is 36.4 Å². The van der Waals surface area contributed by atoms with Crippen LogP contribution in [0.2, 0.25) is 0 Å². The number of benzene rings is 1. The lowest BCUT2D eigenvalue weighted by Crippen LogP contribution is -2.33. The van der Waals surface area contributed by atoms with Gasteiger partial charge in [0.2, 0.25) is 5.91 Å². The highest BCUT2D eigenvalue weighted by Gasteiger charge is 2.20. The summed E-state index contributed by atoms with van der Waals surface area (Å²) in [6, 6.07) is 14.1. The average molecular weight is 399 g/mol.